The van der Waals surface area contributed by atoms with Crippen molar-refractivity contribution in [1.29, 1.82) is 0 Å². The predicted octanol–water partition coefficient (Wildman–Crippen LogP) is 1.82. The molecule has 4 atom stereocenters. The van der Waals surface area contributed by atoms with Crippen LogP contribution in [-0.2, 0) is 9.59 Å². The SMILES string of the molecule is [2H]c1c([2H])c([C@@]([2H])(O)[C@@H](CO)NC(=O)C(Cl)Cl)c([2H])c([2H])c1[N+](=O)[O-].[2H]c1c([2H])c([C@]([2H])(O)[C@H](CO)NC(=O)C(Cl)Cl)c([2H])c([2H])c1[N+](=O)[O-]. The number of carbonyl (C=O) groups excluding carboxylic acids is 2. The number of nitro benzene ring substituents is 2. The predicted molar refractivity (Wildman–Crippen MR) is 145 cm³/mol. The van der Waals surface area contributed by atoms with Gasteiger partial charge in [-0.3, -0.25) is 29.8 Å². The van der Waals surface area contributed by atoms with Gasteiger partial charge in [-0.25, -0.2) is 0 Å². The molecule has 2 amide bonds. The van der Waals surface area contributed by atoms with Crippen LogP contribution in [-0.4, -0.2) is 77.1 Å². The standard InChI is InChI=1S/2C11H12Cl2N2O5/c2*12-10(13)11(18)14-8(5-16)9(17)6-1-3-7(4-2-6)15(19)20/h2*1-4,8-10,16-17H,5H2,(H,14,18)/t2*8-,9-/m10/s1/i2*1D,2D,3D,4D,9D. The molecule has 0 saturated heterocycles. The lowest BCUT2D eigenvalue weighted by Gasteiger charge is -2.22. The second-order valence-corrected chi connectivity index (χ2v) is 9.01. The minimum absolute atomic E-state index is 0.965. The summed E-state index contributed by atoms with van der Waals surface area (Å²) < 4.78 is 77.1. The van der Waals surface area contributed by atoms with Gasteiger partial charge in [0.25, 0.3) is 23.2 Å². The van der Waals surface area contributed by atoms with Crippen molar-refractivity contribution in [3.05, 3.63) is 79.7 Å². The van der Waals surface area contributed by atoms with E-state index in [1.165, 1.54) is 0 Å². The number of amides is 2. The van der Waals surface area contributed by atoms with E-state index in [9.17, 15) is 50.2 Å². The van der Waals surface area contributed by atoms with Crippen molar-refractivity contribution in [2.75, 3.05) is 13.2 Å². The number of alkyl halides is 4. The summed E-state index contributed by atoms with van der Waals surface area (Å²) in [6.07, 6.45) is -6.13. The molecule has 0 unspecified atom stereocenters. The maximum Gasteiger partial charge on any atom is 0.269 e. The van der Waals surface area contributed by atoms with E-state index in [-0.39, 0.29) is 0 Å². The Labute approximate surface area is 260 Å². The van der Waals surface area contributed by atoms with Crippen LogP contribution < -0.4 is 10.6 Å². The summed E-state index contributed by atoms with van der Waals surface area (Å²) in [5.74, 6) is -2.18. The van der Waals surface area contributed by atoms with Crippen LogP contribution in [0.3, 0.4) is 0 Å². The van der Waals surface area contributed by atoms with Gasteiger partial charge in [0.15, 0.2) is 9.67 Å². The number of rotatable bonds is 12. The van der Waals surface area contributed by atoms with Crippen LogP contribution >= 0.6 is 46.4 Å². The molecule has 0 saturated carbocycles. The molecule has 0 aliphatic rings. The molecular weight excluding hydrogens is 622 g/mol. The van der Waals surface area contributed by atoms with E-state index in [2.05, 4.69) is 0 Å². The van der Waals surface area contributed by atoms with Crippen molar-refractivity contribution in [3.63, 3.8) is 0 Å². The highest BCUT2D eigenvalue weighted by Crippen LogP contribution is 2.22. The quantitative estimate of drug-likeness (QED) is 0.110. The van der Waals surface area contributed by atoms with Gasteiger partial charge in [-0.05, 0) is 35.3 Å². The lowest BCUT2D eigenvalue weighted by Crippen LogP contribution is -2.44. The number of nitrogens with one attached hydrogen (secondary N) is 2. The van der Waals surface area contributed by atoms with Crippen LogP contribution in [0.25, 0.3) is 0 Å². The molecule has 0 aliphatic carbocycles. The number of carbonyl (C=O) groups is 2. The molecule has 14 nitrogen and oxygen atoms in total. The molecule has 0 bridgehead atoms. The topological polar surface area (TPSA) is 225 Å². The van der Waals surface area contributed by atoms with E-state index in [0.29, 0.717) is 0 Å². The Morgan fingerprint density at radius 1 is 0.750 bits per heavy atom. The summed E-state index contributed by atoms with van der Waals surface area (Å²) in [4.78, 5) is 39.3. The molecule has 0 aliphatic heterocycles. The van der Waals surface area contributed by atoms with Gasteiger partial charge in [0.2, 0.25) is 0 Å². The van der Waals surface area contributed by atoms with Gasteiger partial charge in [-0.1, -0.05) is 46.4 Å². The molecule has 220 valence electrons. The molecule has 2 rings (SSSR count). The first kappa shape index (κ1) is 21.9. The molecule has 0 fully saturated rings. The fraction of sp³-hybridized carbons (Fsp3) is 0.364. The maximum absolute atomic E-state index is 11.5. The van der Waals surface area contributed by atoms with E-state index < -0.39 is 140 Å². The van der Waals surface area contributed by atoms with Crippen molar-refractivity contribution >= 4 is 69.6 Å². The van der Waals surface area contributed by atoms with Gasteiger partial charge >= 0.3 is 0 Å². The van der Waals surface area contributed by atoms with E-state index in [1.54, 1.807) is 0 Å². The molecule has 0 heterocycles. The minimum Gasteiger partial charge on any atom is -0.394 e. The number of benzene rings is 2. The second kappa shape index (κ2) is 17.1. The minimum atomic E-state index is -3.07. The largest absolute Gasteiger partial charge is 0.394 e. The number of hydrogen-bond acceptors (Lipinski definition) is 10. The number of aliphatic hydroxyl groups is 4. The highest BCUT2D eigenvalue weighted by molar-refractivity contribution is 6.53. The van der Waals surface area contributed by atoms with Crippen LogP contribution in [0.15, 0.2) is 48.3 Å². The third-order valence-corrected chi connectivity index (χ3v) is 4.95. The summed E-state index contributed by atoms with van der Waals surface area (Å²) in [6.45, 7) is -2.11. The van der Waals surface area contributed by atoms with E-state index in [0.717, 1.165) is 0 Å². The summed E-state index contributed by atoms with van der Waals surface area (Å²) in [5.41, 5.74) is -4.21. The molecule has 0 aromatic heterocycles. The van der Waals surface area contributed by atoms with Gasteiger partial charge in [-0.15, -0.1) is 0 Å². The first-order valence-corrected chi connectivity index (χ1v) is 11.8. The number of hydrogen-bond donors (Lipinski definition) is 6. The number of nitro groups is 2. The first-order chi connectivity index (χ1) is 22.7. The fourth-order valence-corrected chi connectivity index (χ4v) is 2.52. The lowest BCUT2D eigenvalue weighted by molar-refractivity contribution is -0.385. The lowest BCUT2D eigenvalue weighted by atomic mass is 10.0. The van der Waals surface area contributed by atoms with E-state index in [4.69, 9.17) is 60.1 Å². The summed E-state index contributed by atoms with van der Waals surface area (Å²) in [6, 6.07) is -12.3. The zero-order valence-electron chi connectivity index (χ0n) is 29.4. The molecule has 2 aromatic rings. The Morgan fingerprint density at radius 2 is 1.02 bits per heavy atom. The van der Waals surface area contributed by atoms with Gasteiger partial charge in [0, 0.05) is 24.2 Å². The van der Waals surface area contributed by atoms with E-state index in [1.807, 2.05) is 10.6 Å². The molecule has 0 radical (unpaired) electrons. The van der Waals surface area contributed by atoms with Gasteiger partial charge < -0.3 is 31.1 Å². The highest BCUT2D eigenvalue weighted by Gasteiger charge is 2.26. The number of aliphatic hydroxyl groups excluding tert-OH is 2. The Balaban J connectivity index is 0.000000500. The molecule has 0 spiro atoms. The zero-order valence-corrected chi connectivity index (χ0v) is 22.4. The Morgan fingerprint density at radius 3 is 1.23 bits per heavy atom. The van der Waals surface area contributed by atoms with Gasteiger partial charge in [-0.2, -0.15) is 0 Å². The monoisotopic (exact) mass is 654 g/mol. The molecular formula is C22H24Cl4N4O10. The van der Waals surface area contributed by atoms with E-state index >= 15 is 0 Å². The number of nitrogens with zero attached hydrogens (tertiary/aromatic N) is 2. The zero-order chi connectivity index (χ0) is 39.4. The van der Waals surface area contributed by atoms with Crippen molar-refractivity contribution in [1.82, 2.24) is 10.6 Å². The van der Waals surface area contributed by atoms with Gasteiger partial charge in [0.1, 0.15) is 12.2 Å². The smallest absolute Gasteiger partial charge is 0.269 e. The van der Waals surface area contributed by atoms with Crippen LogP contribution in [0.1, 0.15) is 37.0 Å². The molecule has 18 heteroatoms. The fourth-order valence-electron chi connectivity index (χ4n) is 2.27. The van der Waals surface area contributed by atoms with Crippen LogP contribution in [0.2, 0.25) is 0 Å². The third kappa shape index (κ3) is 11.0. The van der Waals surface area contributed by atoms with Crippen LogP contribution in [0, 0.1) is 20.2 Å². The molecule has 40 heavy (non-hydrogen) atoms. The van der Waals surface area contributed by atoms with Crippen molar-refractivity contribution < 1.29 is 53.6 Å². The molecule has 6 N–H and O–H groups in total. The summed E-state index contributed by atoms with van der Waals surface area (Å²) in [7, 11) is 0. The summed E-state index contributed by atoms with van der Waals surface area (Å²) >= 11 is 21.3. The average Bonchev–Trinajstić information content (AvgIpc) is 2.99. The summed E-state index contributed by atoms with van der Waals surface area (Å²) in [5, 5.41) is 64.9. The van der Waals surface area contributed by atoms with Crippen molar-refractivity contribution in [2.24, 2.45) is 0 Å². The van der Waals surface area contributed by atoms with Crippen LogP contribution in [0.5, 0.6) is 0 Å². The number of halogens is 4. The van der Waals surface area contributed by atoms with Crippen molar-refractivity contribution in [2.45, 2.75) is 33.9 Å². The maximum atomic E-state index is 11.5. The Kier molecular flexibility index (Phi) is 9.34. The normalized spacial score (nSPS) is 18.9. The van der Waals surface area contributed by atoms with Crippen molar-refractivity contribution in [3.8, 4) is 0 Å². The van der Waals surface area contributed by atoms with Gasteiger partial charge in [0.05, 0.1) is 48.9 Å². The second-order valence-electron chi connectivity index (χ2n) is 6.82. The molecule has 2 aromatic carbocycles. The third-order valence-electron chi connectivity index (χ3n) is 4.16. The Bertz CT molecular complexity index is 1500. The Hall–Kier alpha value is -2.82. The highest BCUT2D eigenvalue weighted by atomic mass is 35.5. The average molecular weight is 656 g/mol. The van der Waals surface area contributed by atoms with Crippen LogP contribution in [0.4, 0.5) is 11.4 Å². The first-order valence-electron chi connectivity index (χ1n) is 15.1.